The molecule has 1 fully saturated rings. The summed E-state index contributed by atoms with van der Waals surface area (Å²) in [7, 11) is 0. The Labute approximate surface area is 211 Å². The molecule has 2 aromatic rings. The molecular formula is C27H34N4O5. The predicted molar refractivity (Wildman–Crippen MR) is 132 cm³/mol. The number of oxazole rings is 1. The lowest BCUT2D eigenvalue weighted by molar-refractivity contribution is -0.153. The molecule has 0 bridgehead atoms. The summed E-state index contributed by atoms with van der Waals surface area (Å²) in [6.45, 7) is 7.64. The van der Waals surface area contributed by atoms with E-state index in [1.54, 1.807) is 11.8 Å². The Bertz CT molecular complexity index is 1130. The van der Waals surface area contributed by atoms with Gasteiger partial charge in [0.25, 0.3) is 11.8 Å². The maximum atomic E-state index is 14.3. The van der Waals surface area contributed by atoms with Gasteiger partial charge < -0.3 is 19.2 Å². The van der Waals surface area contributed by atoms with Gasteiger partial charge in [0.15, 0.2) is 5.89 Å². The fourth-order valence-electron chi connectivity index (χ4n) is 5.67. The van der Waals surface area contributed by atoms with Crippen LogP contribution in [0.15, 0.2) is 39.9 Å². The Kier molecular flexibility index (Phi) is 7.05. The average molecular weight is 495 g/mol. The van der Waals surface area contributed by atoms with E-state index in [0.717, 1.165) is 0 Å². The van der Waals surface area contributed by atoms with Crippen molar-refractivity contribution >= 4 is 17.5 Å². The lowest BCUT2D eigenvalue weighted by Crippen LogP contribution is -2.61. The standard InChI is InChI=1S/C27H34N4O5/c1-4-16(2)23-25(32)29-22(20-13-18-7-5-6-8-19(18)14-20)26(33)31(23)24(21-15-36-17(3)28-21)27(34)30-9-11-35-12-10-30/h5-8,15-16,20,23-24,27,34H,4,9-14H2,1-3H3/t16-,23+,24+,27?/m0/s1. The Balaban J connectivity index is 1.56. The van der Waals surface area contributed by atoms with Gasteiger partial charge in [0.1, 0.15) is 36.0 Å². The van der Waals surface area contributed by atoms with Gasteiger partial charge in [-0.3, -0.25) is 14.5 Å². The zero-order valence-electron chi connectivity index (χ0n) is 21.1. The highest BCUT2D eigenvalue weighted by Gasteiger charge is 2.49. The number of carbonyl (C=O) groups is 2. The lowest BCUT2D eigenvalue weighted by Gasteiger charge is -2.45. The van der Waals surface area contributed by atoms with Crippen LogP contribution in [0.5, 0.6) is 0 Å². The summed E-state index contributed by atoms with van der Waals surface area (Å²) in [6, 6.07) is 6.42. The van der Waals surface area contributed by atoms with Crippen molar-refractivity contribution in [3.63, 3.8) is 0 Å². The second kappa shape index (κ2) is 10.2. The van der Waals surface area contributed by atoms with Gasteiger partial charge in [0, 0.05) is 25.9 Å². The summed E-state index contributed by atoms with van der Waals surface area (Å²) in [6.07, 6.45) is 2.40. The zero-order valence-corrected chi connectivity index (χ0v) is 21.1. The van der Waals surface area contributed by atoms with Crippen LogP contribution in [0.4, 0.5) is 0 Å². The van der Waals surface area contributed by atoms with Gasteiger partial charge in [-0.05, 0) is 29.9 Å². The van der Waals surface area contributed by atoms with Crippen LogP contribution >= 0.6 is 0 Å². The Hall–Kier alpha value is -2.88. The number of rotatable bonds is 7. The molecule has 3 aliphatic rings. The highest BCUT2D eigenvalue weighted by Crippen LogP contribution is 2.37. The molecule has 1 aromatic carbocycles. The maximum absolute atomic E-state index is 14.3. The van der Waals surface area contributed by atoms with Gasteiger partial charge in [0.05, 0.1) is 13.2 Å². The molecule has 0 spiro atoms. The predicted octanol–water partition coefficient (Wildman–Crippen LogP) is 2.31. The van der Waals surface area contributed by atoms with Crippen LogP contribution in [0.1, 0.15) is 49.0 Å². The monoisotopic (exact) mass is 494 g/mol. The summed E-state index contributed by atoms with van der Waals surface area (Å²) < 4.78 is 11.0. The van der Waals surface area contributed by atoms with E-state index < -0.39 is 18.3 Å². The van der Waals surface area contributed by atoms with Crippen LogP contribution in [0.3, 0.4) is 0 Å². The maximum Gasteiger partial charge on any atom is 0.270 e. The topological polar surface area (TPSA) is 108 Å². The summed E-state index contributed by atoms with van der Waals surface area (Å²) in [5.41, 5.74) is 3.06. The van der Waals surface area contributed by atoms with Crippen molar-refractivity contribution < 1.29 is 23.8 Å². The minimum Gasteiger partial charge on any atom is -0.449 e. The van der Waals surface area contributed by atoms with E-state index >= 15 is 0 Å². The first kappa shape index (κ1) is 24.8. The van der Waals surface area contributed by atoms with Crippen LogP contribution in [-0.2, 0) is 27.2 Å². The normalized spacial score (nSPS) is 23.9. The molecule has 0 saturated carbocycles. The van der Waals surface area contributed by atoms with Gasteiger partial charge >= 0.3 is 0 Å². The Morgan fingerprint density at radius 3 is 2.39 bits per heavy atom. The van der Waals surface area contributed by atoms with E-state index in [4.69, 9.17) is 9.15 Å². The molecular weight excluding hydrogens is 460 g/mol. The third-order valence-electron chi connectivity index (χ3n) is 7.80. The lowest BCUT2D eigenvalue weighted by atomic mass is 9.89. The molecule has 4 atom stereocenters. The first-order valence-corrected chi connectivity index (χ1v) is 12.8. The van der Waals surface area contributed by atoms with Crippen molar-refractivity contribution in [3.05, 3.63) is 53.2 Å². The number of aliphatic hydroxyl groups excluding tert-OH is 1. The molecule has 1 aromatic heterocycles. The van der Waals surface area contributed by atoms with E-state index in [9.17, 15) is 14.7 Å². The minimum atomic E-state index is -1.08. The Morgan fingerprint density at radius 2 is 1.81 bits per heavy atom. The molecule has 2 amide bonds. The largest absolute Gasteiger partial charge is 0.449 e. The number of benzene rings is 1. The molecule has 9 heteroatoms. The molecule has 9 nitrogen and oxygen atoms in total. The number of aliphatic hydroxyl groups is 1. The molecule has 3 heterocycles. The number of ether oxygens (including phenoxy) is 1. The number of fused-ring (bicyclic) bond motifs is 1. The first-order valence-electron chi connectivity index (χ1n) is 12.8. The highest BCUT2D eigenvalue weighted by atomic mass is 16.5. The molecule has 2 aliphatic heterocycles. The summed E-state index contributed by atoms with van der Waals surface area (Å²) in [5, 5.41) is 11.7. The van der Waals surface area contributed by atoms with Crippen molar-refractivity contribution in [2.45, 2.75) is 58.3 Å². The van der Waals surface area contributed by atoms with Crippen LogP contribution in [0.25, 0.3) is 0 Å². The quantitative estimate of drug-likeness (QED) is 0.629. The SMILES string of the molecule is CC[C@H](C)[C@@H]1C(=O)N=C(C2Cc3ccccc3C2)C(=O)N1[C@H](c1coc(C)n1)C(O)N1CCOCC1. The number of hydrogen-bond donors (Lipinski definition) is 1. The van der Waals surface area contributed by atoms with Gasteiger partial charge in [-0.25, -0.2) is 9.98 Å². The van der Waals surface area contributed by atoms with Crippen molar-refractivity contribution in [1.82, 2.24) is 14.8 Å². The van der Waals surface area contributed by atoms with E-state index in [1.807, 2.05) is 30.9 Å². The van der Waals surface area contributed by atoms with Crippen LogP contribution in [0.2, 0.25) is 0 Å². The minimum absolute atomic E-state index is 0.153. The molecule has 36 heavy (non-hydrogen) atoms. The summed E-state index contributed by atoms with van der Waals surface area (Å²) >= 11 is 0. The zero-order chi connectivity index (χ0) is 25.4. The second-order valence-corrected chi connectivity index (χ2v) is 10.1. The summed E-state index contributed by atoms with van der Waals surface area (Å²) in [5.74, 6) is -0.551. The number of aliphatic imine (C=N–C) groups is 1. The van der Waals surface area contributed by atoms with Crippen LogP contribution in [-0.4, -0.2) is 76.0 Å². The molecule has 0 radical (unpaired) electrons. The average Bonchev–Trinajstić information content (AvgIpc) is 3.52. The van der Waals surface area contributed by atoms with Crippen LogP contribution in [0, 0.1) is 18.8 Å². The smallest absolute Gasteiger partial charge is 0.270 e. The van der Waals surface area contributed by atoms with Gasteiger partial charge in [-0.15, -0.1) is 0 Å². The van der Waals surface area contributed by atoms with E-state index in [-0.39, 0.29) is 29.4 Å². The van der Waals surface area contributed by atoms with Gasteiger partial charge in [0.2, 0.25) is 0 Å². The molecule has 1 aliphatic carbocycles. The van der Waals surface area contributed by atoms with Crippen molar-refractivity contribution in [2.75, 3.05) is 26.3 Å². The second-order valence-electron chi connectivity index (χ2n) is 10.1. The van der Waals surface area contributed by atoms with Crippen molar-refractivity contribution in [1.29, 1.82) is 0 Å². The fraction of sp³-hybridized carbons (Fsp3) is 0.556. The molecule has 1 unspecified atom stereocenters. The number of aryl methyl sites for hydroxylation is 1. The molecule has 192 valence electrons. The summed E-state index contributed by atoms with van der Waals surface area (Å²) in [4.78, 5) is 40.2. The first-order chi connectivity index (χ1) is 17.4. The van der Waals surface area contributed by atoms with Crippen molar-refractivity contribution in [3.8, 4) is 0 Å². The van der Waals surface area contributed by atoms with Gasteiger partial charge in [-0.2, -0.15) is 0 Å². The number of carbonyl (C=O) groups excluding carboxylic acids is 2. The highest BCUT2D eigenvalue weighted by molar-refractivity contribution is 6.43. The fourth-order valence-corrected chi connectivity index (χ4v) is 5.67. The number of aromatic nitrogens is 1. The molecule has 1 saturated heterocycles. The van der Waals surface area contributed by atoms with Gasteiger partial charge in [-0.1, -0.05) is 44.5 Å². The molecule has 1 N–H and O–H groups in total. The number of nitrogens with zero attached hydrogens (tertiary/aromatic N) is 4. The van der Waals surface area contributed by atoms with E-state index in [2.05, 4.69) is 22.1 Å². The third-order valence-corrected chi connectivity index (χ3v) is 7.80. The van der Waals surface area contributed by atoms with E-state index in [0.29, 0.717) is 57.2 Å². The van der Waals surface area contributed by atoms with Crippen molar-refractivity contribution in [2.24, 2.45) is 16.8 Å². The molecule has 5 rings (SSSR count). The van der Waals surface area contributed by atoms with E-state index in [1.165, 1.54) is 17.4 Å². The Morgan fingerprint density at radius 1 is 1.14 bits per heavy atom. The number of morpholine rings is 1. The van der Waals surface area contributed by atoms with Crippen LogP contribution < -0.4 is 0 Å². The third kappa shape index (κ3) is 4.51. The number of amides is 2. The number of hydrogen-bond acceptors (Lipinski definition) is 7.